The third kappa shape index (κ3) is 3.45. The molecule has 1 unspecified atom stereocenters. The van der Waals surface area contributed by atoms with Gasteiger partial charge in [0.15, 0.2) is 11.2 Å². The molecule has 1 aliphatic rings. The maximum Gasteiger partial charge on any atom is 0.173 e. The van der Waals surface area contributed by atoms with Gasteiger partial charge in [0, 0.05) is 26.2 Å². The van der Waals surface area contributed by atoms with E-state index in [0.717, 1.165) is 26.5 Å². The molecule has 0 aromatic rings. The van der Waals surface area contributed by atoms with Crippen LogP contribution in [-0.2, 0) is 16.0 Å². The highest BCUT2D eigenvalue weighted by Crippen LogP contribution is 2.13. The Morgan fingerprint density at radius 3 is 2.36 bits per heavy atom. The minimum Gasteiger partial charge on any atom is -0.400 e. The maximum absolute atomic E-state index is 11.5. The van der Waals surface area contributed by atoms with E-state index >= 15 is 0 Å². The maximum atomic E-state index is 11.5. The lowest BCUT2D eigenvalue weighted by Gasteiger charge is -2.18. The van der Waals surface area contributed by atoms with Gasteiger partial charge in [-0.1, -0.05) is 0 Å². The van der Waals surface area contributed by atoms with Crippen molar-refractivity contribution < 1.29 is 14.1 Å². The van der Waals surface area contributed by atoms with Crippen molar-refractivity contribution in [3.05, 3.63) is 0 Å². The molecular weight excluding hydrogens is 204 g/mol. The van der Waals surface area contributed by atoms with Gasteiger partial charge in [-0.3, -0.25) is 0 Å². The summed E-state index contributed by atoms with van der Waals surface area (Å²) >= 11 is -1.09. The molecule has 0 spiro atoms. The average molecular weight is 222 g/mol. The van der Waals surface area contributed by atoms with Gasteiger partial charge in [-0.2, -0.15) is 0 Å². The van der Waals surface area contributed by atoms with Gasteiger partial charge >= 0.3 is 0 Å². The van der Waals surface area contributed by atoms with Crippen molar-refractivity contribution in [3.63, 3.8) is 0 Å². The highest BCUT2D eigenvalue weighted by molar-refractivity contribution is 7.80. The van der Waals surface area contributed by atoms with Crippen molar-refractivity contribution in [1.29, 1.82) is 0 Å². The lowest BCUT2D eigenvalue weighted by molar-refractivity contribution is -0.107. The molecule has 0 saturated carbocycles. The zero-order chi connectivity index (χ0) is 11.1. The Morgan fingerprint density at radius 2 is 2.00 bits per heavy atom. The van der Waals surface area contributed by atoms with Crippen molar-refractivity contribution >= 4 is 17.5 Å². The highest BCUT2D eigenvalue weighted by Gasteiger charge is 2.29. The SMILES string of the molecule is CC(C)N1CCN(CC=O)S1=O.CO. The molecule has 1 N–H and O–H groups in total. The fourth-order valence-electron chi connectivity index (χ4n) is 1.19. The van der Waals surface area contributed by atoms with Crippen molar-refractivity contribution in [2.75, 3.05) is 26.7 Å². The number of hydrogen-bond donors (Lipinski definition) is 1. The van der Waals surface area contributed by atoms with E-state index in [9.17, 15) is 9.00 Å². The molecule has 1 fully saturated rings. The number of nitrogens with zero attached hydrogens (tertiary/aromatic N) is 2. The van der Waals surface area contributed by atoms with Crippen molar-refractivity contribution in [1.82, 2.24) is 8.61 Å². The normalized spacial score (nSPS) is 23.4. The molecule has 1 saturated heterocycles. The standard InChI is InChI=1S/C7H14N2O2S.CH4O/c1-7(2)9-4-3-8(5-6-10)12(9)11;1-2/h6-7H,3-5H2,1-2H3;2H,1H3. The summed E-state index contributed by atoms with van der Waals surface area (Å²) in [5, 5.41) is 7.00. The molecular formula is C8H18N2O3S. The summed E-state index contributed by atoms with van der Waals surface area (Å²) < 4.78 is 15.1. The summed E-state index contributed by atoms with van der Waals surface area (Å²) in [6.45, 7) is 5.79. The second-order valence-electron chi connectivity index (χ2n) is 3.02. The second-order valence-corrected chi connectivity index (χ2v) is 4.47. The third-order valence-electron chi connectivity index (χ3n) is 1.85. The molecule has 0 bridgehead atoms. The van der Waals surface area contributed by atoms with Crippen LogP contribution in [0.4, 0.5) is 0 Å². The molecule has 0 aromatic heterocycles. The van der Waals surface area contributed by atoms with Crippen LogP contribution in [0.15, 0.2) is 0 Å². The van der Waals surface area contributed by atoms with Gasteiger partial charge in [-0.25, -0.2) is 12.8 Å². The molecule has 0 aromatic carbocycles. The second kappa shape index (κ2) is 7.05. The van der Waals surface area contributed by atoms with Crippen LogP contribution in [0.5, 0.6) is 0 Å². The van der Waals surface area contributed by atoms with Gasteiger partial charge in [-0.05, 0) is 13.8 Å². The zero-order valence-corrected chi connectivity index (χ0v) is 9.66. The van der Waals surface area contributed by atoms with E-state index in [2.05, 4.69) is 0 Å². The number of aliphatic hydroxyl groups is 1. The Labute approximate surface area is 87.4 Å². The molecule has 0 amide bonds. The molecule has 6 heteroatoms. The Balaban J connectivity index is 0.000000791. The molecule has 0 aliphatic carbocycles. The van der Waals surface area contributed by atoms with Crippen LogP contribution in [0.2, 0.25) is 0 Å². The van der Waals surface area contributed by atoms with Crippen LogP contribution in [0.3, 0.4) is 0 Å². The Bertz CT molecular complexity index is 199. The fraction of sp³-hybridized carbons (Fsp3) is 0.875. The number of aldehydes is 1. The first-order valence-corrected chi connectivity index (χ1v) is 5.55. The van der Waals surface area contributed by atoms with E-state index in [1.807, 2.05) is 18.2 Å². The Kier molecular flexibility index (Phi) is 6.90. The fourth-order valence-corrected chi connectivity index (χ4v) is 2.51. The van der Waals surface area contributed by atoms with Crippen LogP contribution in [0, 0.1) is 0 Å². The minimum absolute atomic E-state index is 0.274. The number of hydrogen-bond acceptors (Lipinski definition) is 3. The monoisotopic (exact) mass is 222 g/mol. The first-order valence-electron chi connectivity index (χ1n) is 4.48. The predicted molar refractivity (Wildman–Crippen MR) is 55.8 cm³/mol. The Morgan fingerprint density at radius 1 is 1.43 bits per heavy atom. The molecule has 1 rings (SSSR count). The summed E-state index contributed by atoms with van der Waals surface area (Å²) in [5.74, 6) is 0. The summed E-state index contributed by atoms with van der Waals surface area (Å²) in [6, 6.07) is 0.280. The van der Waals surface area contributed by atoms with Gasteiger partial charge in [0.2, 0.25) is 0 Å². The average Bonchev–Trinajstić information content (AvgIpc) is 2.52. The smallest absolute Gasteiger partial charge is 0.173 e. The first-order chi connectivity index (χ1) is 6.66. The Hall–Kier alpha value is -0.300. The van der Waals surface area contributed by atoms with Gasteiger partial charge in [0.25, 0.3) is 0 Å². The molecule has 14 heavy (non-hydrogen) atoms. The van der Waals surface area contributed by atoms with E-state index in [4.69, 9.17) is 5.11 Å². The summed E-state index contributed by atoms with van der Waals surface area (Å²) in [7, 11) is 1.00. The third-order valence-corrected chi connectivity index (χ3v) is 3.62. The van der Waals surface area contributed by atoms with Gasteiger partial charge in [0.05, 0.1) is 6.54 Å². The molecule has 0 radical (unpaired) electrons. The van der Waals surface area contributed by atoms with Crippen molar-refractivity contribution in [3.8, 4) is 0 Å². The minimum atomic E-state index is -1.09. The largest absolute Gasteiger partial charge is 0.400 e. The zero-order valence-electron chi connectivity index (χ0n) is 8.84. The van der Waals surface area contributed by atoms with E-state index in [0.29, 0.717) is 0 Å². The highest BCUT2D eigenvalue weighted by atomic mass is 32.2. The van der Waals surface area contributed by atoms with Crippen molar-refractivity contribution in [2.45, 2.75) is 19.9 Å². The van der Waals surface area contributed by atoms with Crippen LogP contribution in [-0.4, -0.2) is 57.0 Å². The topological polar surface area (TPSA) is 60.9 Å². The number of aliphatic hydroxyl groups excluding tert-OH is 1. The van der Waals surface area contributed by atoms with Gasteiger partial charge < -0.3 is 9.90 Å². The van der Waals surface area contributed by atoms with Crippen LogP contribution < -0.4 is 0 Å². The first kappa shape index (κ1) is 13.7. The van der Waals surface area contributed by atoms with Crippen molar-refractivity contribution in [2.24, 2.45) is 0 Å². The van der Waals surface area contributed by atoms with E-state index in [1.54, 1.807) is 4.31 Å². The lowest BCUT2D eigenvalue weighted by atomic mass is 10.4. The molecule has 1 atom stereocenters. The number of rotatable bonds is 3. The summed E-state index contributed by atoms with van der Waals surface area (Å²) in [4.78, 5) is 10.2. The molecule has 84 valence electrons. The van der Waals surface area contributed by atoms with E-state index < -0.39 is 11.2 Å². The summed E-state index contributed by atoms with van der Waals surface area (Å²) in [6.07, 6.45) is 0.793. The van der Waals surface area contributed by atoms with Crippen LogP contribution in [0.25, 0.3) is 0 Å². The molecule has 1 aliphatic heterocycles. The van der Waals surface area contributed by atoms with Crippen LogP contribution >= 0.6 is 0 Å². The number of carbonyl (C=O) groups excluding carboxylic acids is 1. The van der Waals surface area contributed by atoms with E-state index in [1.165, 1.54) is 0 Å². The number of carbonyl (C=O) groups is 1. The molecule has 1 heterocycles. The molecule has 5 nitrogen and oxygen atoms in total. The lowest BCUT2D eigenvalue weighted by Crippen LogP contribution is -2.32. The predicted octanol–water partition coefficient (Wildman–Crippen LogP) is -0.601. The van der Waals surface area contributed by atoms with Gasteiger partial charge in [-0.15, -0.1) is 0 Å². The quantitative estimate of drug-likeness (QED) is 0.649. The van der Waals surface area contributed by atoms with Gasteiger partial charge in [0.1, 0.15) is 6.29 Å². The summed E-state index contributed by atoms with van der Waals surface area (Å²) in [5.41, 5.74) is 0. The van der Waals surface area contributed by atoms with Crippen LogP contribution in [0.1, 0.15) is 13.8 Å². The van der Waals surface area contributed by atoms with E-state index in [-0.39, 0.29) is 12.6 Å².